The molecular weight excluding hydrogens is 279 g/mol. The van der Waals surface area contributed by atoms with Crippen LogP contribution in [0, 0.1) is 5.82 Å². The Kier molecular flexibility index (Phi) is 3.56. The summed E-state index contributed by atoms with van der Waals surface area (Å²) in [6.45, 7) is 2.28. The second-order valence-electron chi connectivity index (χ2n) is 5.68. The number of benzene rings is 1. The van der Waals surface area contributed by atoms with Gasteiger partial charge in [-0.25, -0.2) is 12.8 Å². The Labute approximate surface area is 119 Å². The molecule has 4 nitrogen and oxygen atoms in total. The van der Waals surface area contributed by atoms with Crippen LogP contribution >= 0.6 is 0 Å². The van der Waals surface area contributed by atoms with Crippen LogP contribution in [0.4, 0.5) is 4.39 Å². The smallest absolute Gasteiger partial charge is 0.211 e. The van der Waals surface area contributed by atoms with E-state index in [9.17, 15) is 12.8 Å². The Morgan fingerprint density at radius 1 is 1.15 bits per heavy atom. The average molecular weight is 298 g/mol. The van der Waals surface area contributed by atoms with Crippen molar-refractivity contribution in [1.29, 1.82) is 0 Å². The maximum Gasteiger partial charge on any atom is 0.211 e. The third-order valence-corrected chi connectivity index (χ3v) is 5.67. The van der Waals surface area contributed by atoms with Gasteiger partial charge < -0.3 is 0 Å². The van der Waals surface area contributed by atoms with Gasteiger partial charge in [-0.3, -0.25) is 4.90 Å². The molecule has 2 saturated heterocycles. The van der Waals surface area contributed by atoms with Crippen LogP contribution in [0.3, 0.4) is 0 Å². The Morgan fingerprint density at radius 3 is 2.45 bits per heavy atom. The Balaban J connectivity index is 1.71. The van der Waals surface area contributed by atoms with Crippen molar-refractivity contribution < 1.29 is 12.8 Å². The molecule has 0 spiro atoms. The zero-order valence-electron chi connectivity index (χ0n) is 11.5. The minimum Gasteiger partial charge on any atom is -0.294 e. The maximum absolute atomic E-state index is 12.9. The molecule has 0 radical (unpaired) electrons. The molecule has 1 aromatic rings. The second-order valence-corrected chi connectivity index (χ2v) is 7.62. The summed E-state index contributed by atoms with van der Waals surface area (Å²) >= 11 is 0. The van der Waals surface area contributed by atoms with Crippen LogP contribution in [0.15, 0.2) is 24.3 Å². The van der Waals surface area contributed by atoms with Crippen LogP contribution in [0.25, 0.3) is 0 Å². The van der Waals surface area contributed by atoms with E-state index in [0.29, 0.717) is 12.6 Å². The van der Waals surface area contributed by atoms with Crippen LogP contribution in [0.2, 0.25) is 0 Å². The normalized spacial score (nSPS) is 27.9. The molecule has 0 amide bonds. The third kappa shape index (κ3) is 2.60. The summed E-state index contributed by atoms with van der Waals surface area (Å²) in [6, 6.07) is 6.96. The van der Waals surface area contributed by atoms with Gasteiger partial charge in [0.05, 0.1) is 6.26 Å². The first-order chi connectivity index (χ1) is 9.45. The van der Waals surface area contributed by atoms with Crippen molar-refractivity contribution >= 4 is 10.0 Å². The highest BCUT2D eigenvalue weighted by Crippen LogP contribution is 2.33. The third-order valence-electron chi connectivity index (χ3n) is 4.37. The van der Waals surface area contributed by atoms with Crippen molar-refractivity contribution in [2.45, 2.75) is 31.5 Å². The van der Waals surface area contributed by atoms with Gasteiger partial charge in [-0.2, -0.15) is 4.31 Å². The Hall–Kier alpha value is -0.980. The van der Waals surface area contributed by atoms with Gasteiger partial charge in [0.1, 0.15) is 5.82 Å². The molecule has 6 heteroatoms. The molecule has 0 unspecified atom stereocenters. The van der Waals surface area contributed by atoms with Gasteiger partial charge in [-0.05, 0) is 30.5 Å². The van der Waals surface area contributed by atoms with Gasteiger partial charge in [0.2, 0.25) is 10.0 Å². The largest absolute Gasteiger partial charge is 0.294 e. The van der Waals surface area contributed by atoms with Gasteiger partial charge in [0.25, 0.3) is 0 Å². The minimum absolute atomic E-state index is 0.116. The number of likely N-dealkylation sites (tertiary alicyclic amines) is 1. The van der Waals surface area contributed by atoms with Crippen molar-refractivity contribution in [3.05, 3.63) is 35.6 Å². The van der Waals surface area contributed by atoms with Crippen molar-refractivity contribution in [2.24, 2.45) is 0 Å². The first-order valence-electron chi connectivity index (χ1n) is 6.90. The van der Waals surface area contributed by atoms with Crippen LogP contribution in [-0.2, 0) is 16.6 Å². The van der Waals surface area contributed by atoms with Crippen LogP contribution < -0.4 is 0 Å². The first-order valence-corrected chi connectivity index (χ1v) is 8.75. The molecule has 2 aliphatic heterocycles. The molecule has 2 aliphatic rings. The van der Waals surface area contributed by atoms with Gasteiger partial charge in [-0.1, -0.05) is 12.1 Å². The minimum atomic E-state index is -3.10. The zero-order chi connectivity index (χ0) is 14.3. The fourth-order valence-corrected chi connectivity index (χ4v) is 4.64. The molecule has 2 atom stereocenters. The molecular formula is C14H19FN2O2S. The fourth-order valence-electron chi connectivity index (χ4n) is 3.47. The van der Waals surface area contributed by atoms with E-state index in [1.54, 1.807) is 16.4 Å². The topological polar surface area (TPSA) is 40.6 Å². The van der Waals surface area contributed by atoms with Gasteiger partial charge >= 0.3 is 0 Å². The summed E-state index contributed by atoms with van der Waals surface area (Å²) in [5, 5.41) is 0. The summed E-state index contributed by atoms with van der Waals surface area (Å²) in [5.74, 6) is -0.225. The van der Waals surface area contributed by atoms with Crippen LogP contribution in [0.5, 0.6) is 0 Å². The van der Waals surface area contributed by atoms with Crippen molar-refractivity contribution in [2.75, 3.05) is 19.3 Å². The summed E-state index contributed by atoms with van der Waals surface area (Å²) < 4.78 is 38.0. The highest BCUT2D eigenvalue weighted by atomic mass is 32.2. The van der Waals surface area contributed by atoms with E-state index in [4.69, 9.17) is 0 Å². The van der Waals surface area contributed by atoms with Crippen molar-refractivity contribution in [1.82, 2.24) is 9.21 Å². The average Bonchev–Trinajstić information content (AvgIpc) is 2.94. The predicted octanol–water partition coefficient (Wildman–Crippen LogP) is 1.43. The Morgan fingerprint density at radius 2 is 1.80 bits per heavy atom. The number of fused-ring (bicyclic) bond motifs is 1. The molecule has 3 rings (SSSR count). The van der Waals surface area contributed by atoms with Gasteiger partial charge in [-0.15, -0.1) is 0 Å². The molecule has 0 saturated carbocycles. The molecule has 0 aliphatic carbocycles. The highest BCUT2D eigenvalue weighted by Gasteiger charge is 2.45. The van der Waals surface area contributed by atoms with Crippen molar-refractivity contribution in [3.8, 4) is 0 Å². The molecule has 20 heavy (non-hydrogen) atoms. The lowest BCUT2D eigenvalue weighted by molar-refractivity contribution is 0.240. The predicted molar refractivity (Wildman–Crippen MR) is 75.2 cm³/mol. The number of halogens is 1. The molecule has 2 fully saturated rings. The molecule has 0 N–H and O–H groups in total. The van der Waals surface area contributed by atoms with Gasteiger partial charge in [0.15, 0.2) is 0 Å². The summed E-state index contributed by atoms with van der Waals surface area (Å²) in [6.07, 6.45) is 3.07. The lowest BCUT2D eigenvalue weighted by Gasteiger charge is -2.24. The Bertz CT molecular complexity index is 588. The molecule has 110 valence electrons. The van der Waals surface area contributed by atoms with E-state index in [-0.39, 0.29) is 11.9 Å². The summed E-state index contributed by atoms with van der Waals surface area (Å²) in [5.41, 5.74) is 1.07. The number of sulfonamides is 1. The van der Waals surface area contributed by atoms with E-state index in [2.05, 4.69) is 4.90 Å². The van der Waals surface area contributed by atoms with Crippen LogP contribution in [0.1, 0.15) is 18.4 Å². The lowest BCUT2D eigenvalue weighted by atomic mass is 10.1. The molecule has 0 bridgehead atoms. The second kappa shape index (κ2) is 5.09. The highest BCUT2D eigenvalue weighted by molar-refractivity contribution is 7.88. The number of rotatable bonds is 3. The lowest BCUT2D eigenvalue weighted by Crippen LogP contribution is -2.38. The zero-order valence-corrected chi connectivity index (χ0v) is 12.3. The van der Waals surface area contributed by atoms with Crippen LogP contribution in [-0.4, -0.2) is 49.1 Å². The van der Waals surface area contributed by atoms with E-state index < -0.39 is 10.0 Å². The van der Waals surface area contributed by atoms with E-state index in [1.165, 1.54) is 18.4 Å². The number of hydrogen-bond donors (Lipinski definition) is 0. The molecule has 1 aromatic carbocycles. The standard InChI is InChI=1S/C14H19FN2O2S/c1-20(18,19)17-9-7-13-14(17)6-8-16(13)10-11-2-4-12(15)5-3-11/h2-5,13-14H,6-10H2,1H3/t13-,14+/m1/s1. The van der Waals surface area contributed by atoms with E-state index >= 15 is 0 Å². The summed E-state index contributed by atoms with van der Waals surface area (Å²) in [4.78, 5) is 2.32. The van der Waals surface area contributed by atoms with E-state index in [1.807, 2.05) is 0 Å². The fraction of sp³-hybridized carbons (Fsp3) is 0.571. The first kappa shape index (κ1) is 14.0. The maximum atomic E-state index is 12.9. The quantitative estimate of drug-likeness (QED) is 0.848. The SMILES string of the molecule is CS(=O)(=O)N1CC[C@@H]2[C@@H]1CCN2Cc1ccc(F)cc1. The van der Waals surface area contributed by atoms with Gasteiger partial charge in [0, 0.05) is 31.7 Å². The molecule has 0 aromatic heterocycles. The van der Waals surface area contributed by atoms with E-state index in [0.717, 1.165) is 31.5 Å². The number of nitrogens with zero attached hydrogens (tertiary/aromatic N) is 2. The monoisotopic (exact) mass is 298 g/mol. The molecule has 2 heterocycles. The summed E-state index contributed by atoms with van der Waals surface area (Å²) in [7, 11) is -3.10. The van der Waals surface area contributed by atoms with Crippen molar-refractivity contribution in [3.63, 3.8) is 0 Å². The number of hydrogen-bond acceptors (Lipinski definition) is 3.